The highest BCUT2D eigenvalue weighted by Gasteiger charge is 2.40. The molecule has 0 saturated carbocycles. The zero-order chi connectivity index (χ0) is 40.1. The van der Waals surface area contributed by atoms with E-state index in [1.807, 2.05) is 127 Å². The Morgan fingerprint density at radius 3 is 1.53 bits per heavy atom. The van der Waals surface area contributed by atoms with E-state index in [1.54, 1.807) is 5.01 Å². The zero-order valence-electron chi connectivity index (χ0n) is 32.1. The van der Waals surface area contributed by atoms with Crippen molar-refractivity contribution in [3.05, 3.63) is 142 Å². The zero-order valence-corrected chi connectivity index (χ0v) is 32.1. The van der Waals surface area contributed by atoms with Crippen molar-refractivity contribution in [3.63, 3.8) is 0 Å². The largest absolute Gasteiger partial charge is 0.369 e. The molecule has 0 bridgehead atoms. The van der Waals surface area contributed by atoms with Gasteiger partial charge in [0.25, 0.3) is 5.91 Å². The molecule has 0 aliphatic carbocycles. The van der Waals surface area contributed by atoms with Crippen molar-refractivity contribution in [1.82, 2.24) is 10.0 Å². The van der Waals surface area contributed by atoms with E-state index in [-0.39, 0.29) is 11.6 Å². The molecule has 2 aliphatic heterocycles. The molecule has 11 nitrogen and oxygen atoms in total. The maximum absolute atomic E-state index is 14.7. The number of anilines is 2. The van der Waals surface area contributed by atoms with Gasteiger partial charge in [0.15, 0.2) is 11.7 Å². The van der Waals surface area contributed by atoms with Crippen LogP contribution < -0.4 is 9.80 Å². The minimum atomic E-state index is -0.290. The number of hydrogen-bond acceptors (Lipinski definition) is 10. The summed E-state index contributed by atoms with van der Waals surface area (Å²) in [5.41, 5.74) is 8.27. The van der Waals surface area contributed by atoms with E-state index < -0.39 is 0 Å². The number of carbonyl (C=O) groups excluding carboxylic acids is 1. The first-order chi connectivity index (χ1) is 27.8. The molecule has 0 spiro atoms. The second-order valence-electron chi connectivity index (χ2n) is 13.6. The predicted molar refractivity (Wildman–Crippen MR) is 223 cm³/mol. The van der Waals surface area contributed by atoms with E-state index in [2.05, 4.69) is 35.2 Å². The van der Waals surface area contributed by atoms with E-state index in [1.165, 1.54) is 0 Å². The molecule has 11 heteroatoms. The van der Waals surface area contributed by atoms with Gasteiger partial charge in [0.2, 0.25) is 0 Å². The molecule has 0 fully saturated rings. The van der Waals surface area contributed by atoms with Gasteiger partial charge >= 0.3 is 0 Å². The molecule has 0 radical (unpaired) electrons. The molecule has 0 unspecified atom stereocenters. The number of amidine groups is 2. The summed E-state index contributed by atoms with van der Waals surface area (Å²) in [5.74, 6) is 0.812. The molecule has 2 aliphatic rings. The van der Waals surface area contributed by atoms with Crippen molar-refractivity contribution in [3.8, 4) is 24.3 Å². The van der Waals surface area contributed by atoms with Crippen LogP contribution in [0.3, 0.4) is 0 Å². The standard InChI is InChI=1S/C46H42N10O/c1-34-29-41(53(25-9-21-47)26-10-22-48)19-17-38(34)31-40-33-55(44(51-40)36-13-5-3-6-14-36)56-45(37-15-7-4-8-16-37)52-43(46(56)57)32-39-18-20-42(30-35(39)2)54(27-11-23-49)28-12-24-50/h3-8,13-20,29-32H,9-12,25-28,33H2,1-2H3/b40-31-,43-32-. The van der Waals surface area contributed by atoms with Gasteiger partial charge in [-0.15, -0.1) is 0 Å². The summed E-state index contributed by atoms with van der Waals surface area (Å²) in [7, 11) is 0. The van der Waals surface area contributed by atoms with Crippen molar-refractivity contribution >= 4 is 41.1 Å². The molecule has 4 aromatic carbocycles. The Labute approximate surface area is 334 Å². The molecule has 57 heavy (non-hydrogen) atoms. The third-order valence-electron chi connectivity index (χ3n) is 9.78. The molecular weight excluding hydrogens is 709 g/mol. The van der Waals surface area contributed by atoms with Crippen LogP contribution in [0.4, 0.5) is 11.4 Å². The number of rotatable bonds is 15. The number of aryl methyl sites for hydroxylation is 2. The van der Waals surface area contributed by atoms with Gasteiger partial charge in [-0.3, -0.25) is 9.80 Å². The molecule has 1 amide bonds. The SMILES string of the molecule is Cc1cc(N(CCC#N)CCC#N)ccc1/C=C1/CN(N2C(=O)/C(=C/c3ccc(N(CCC#N)CCC#N)cc3C)N=C2c2ccccc2)C(c2ccccc2)=N1. The van der Waals surface area contributed by atoms with Gasteiger partial charge < -0.3 is 9.80 Å². The first-order valence-corrected chi connectivity index (χ1v) is 18.9. The van der Waals surface area contributed by atoms with Crippen LogP contribution in [0.25, 0.3) is 12.2 Å². The minimum Gasteiger partial charge on any atom is -0.369 e. The molecule has 6 rings (SSSR count). The van der Waals surface area contributed by atoms with Gasteiger partial charge in [-0.05, 0) is 72.5 Å². The first kappa shape index (κ1) is 39.2. The smallest absolute Gasteiger partial charge is 0.297 e. The average Bonchev–Trinajstić information content (AvgIpc) is 3.79. The number of benzene rings is 4. The molecule has 4 aromatic rings. The lowest BCUT2D eigenvalue weighted by atomic mass is 10.1. The summed E-state index contributed by atoms with van der Waals surface area (Å²) in [6, 6.07) is 40.3. The average molecular weight is 751 g/mol. The molecule has 2 heterocycles. The van der Waals surface area contributed by atoms with Crippen LogP contribution in [-0.2, 0) is 4.79 Å². The Balaban J connectivity index is 1.36. The lowest BCUT2D eigenvalue weighted by Crippen LogP contribution is -2.49. The van der Waals surface area contributed by atoms with Gasteiger partial charge in [-0.1, -0.05) is 72.8 Å². The number of carbonyl (C=O) groups is 1. The van der Waals surface area contributed by atoms with Gasteiger partial charge in [0.1, 0.15) is 5.70 Å². The van der Waals surface area contributed by atoms with Crippen molar-refractivity contribution in [2.75, 3.05) is 42.5 Å². The number of aliphatic imine (C=N–C) groups is 2. The Hall–Kier alpha value is -7.47. The van der Waals surface area contributed by atoms with Crippen LogP contribution in [0.5, 0.6) is 0 Å². The van der Waals surface area contributed by atoms with Gasteiger partial charge in [-0.25, -0.2) is 9.98 Å². The second kappa shape index (κ2) is 18.7. The van der Waals surface area contributed by atoms with Crippen LogP contribution in [0.1, 0.15) is 59.1 Å². The van der Waals surface area contributed by atoms with Crippen LogP contribution in [0.2, 0.25) is 0 Å². The fraction of sp³-hybridized carbons (Fsp3) is 0.239. The van der Waals surface area contributed by atoms with Crippen molar-refractivity contribution < 1.29 is 4.79 Å². The van der Waals surface area contributed by atoms with Crippen molar-refractivity contribution in [2.45, 2.75) is 39.5 Å². The maximum Gasteiger partial charge on any atom is 0.297 e. The lowest BCUT2D eigenvalue weighted by Gasteiger charge is -2.31. The van der Waals surface area contributed by atoms with Crippen LogP contribution in [-0.4, -0.2) is 60.3 Å². The molecular formula is C46H42N10O. The summed E-state index contributed by atoms with van der Waals surface area (Å²) in [6.07, 6.45) is 5.27. The minimum absolute atomic E-state index is 0.282. The number of hydrazine groups is 1. The Morgan fingerprint density at radius 1 is 0.614 bits per heavy atom. The van der Waals surface area contributed by atoms with Gasteiger partial charge in [0.05, 0.1) is 62.2 Å². The van der Waals surface area contributed by atoms with E-state index in [9.17, 15) is 25.8 Å². The van der Waals surface area contributed by atoms with E-state index in [4.69, 9.17) is 9.98 Å². The molecule has 282 valence electrons. The first-order valence-electron chi connectivity index (χ1n) is 18.9. The number of nitrogens with zero attached hydrogens (tertiary/aromatic N) is 10. The topological polar surface area (TPSA) is 150 Å². The quantitative estimate of drug-likeness (QED) is 0.111. The van der Waals surface area contributed by atoms with Crippen LogP contribution >= 0.6 is 0 Å². The van der Waals surface area contributed by atoms with Crippen LogP contribution in [0, 0.1) is 59.2 Å². The summed E-state index contributed by atoms with van der Waals surface area (Å²) >= 11 is 0. The third-order valence-corrected chi connectivity index (χ3v) is 9.78. The summed E-state index contributed by atoms with van der Waals surface area (Å²) < 4.78 is 0. The lowest BCUT2D eigenvalue weighted by molar-refractivity contribution is -0.129. The molecule has 0 aromatic heterocycles. The van der Waals surface area contributed by atoms with Crippen molar-refractivity contribution in [2.24, 2.45) is 9.98 Å². The highest BCUT2D eigenvalue weighted by molar-refractivity contribution is 6.21. The van der Waals surface area contributed by atoms with Gasteiger partial charge in [-0.2, -0.15) is 26.1 Å². The van der Waals surface area contributed by atoms with E-state index >= 15 is 0 Å². The predicted octanol–water partition coefficient (Wildman–Crippen LogP) is 7.92. The molecule has 0 N–H and O–H groups in total. The Kier molecular flexibility index (Phi) is 12.9. The second-order valence-corrected chi connectivity index (χ2v) is 13.6. The van der Waals surface area contributed by atoms with Crippen LogP contribution in [0.15, 0.2) is 118 Å². The van der Waals surface area contributed by atoms with E-state index in [0.29, 0.717) is 70.1 Å². The van der Waals surface area contributed by atoms with E-state index in [0.717, 1.165) is 50.5 Å². The van der Waals surface area contributed by atoms with Crippen molar-refractivity contribution in [1.29, 1.82) is 21.0 Å². The fourth-order valence-electron chi connectivity index (χ4n) is 6.85. The Bertz CT molecular complexity index is 2370. The highest BCUT2D eigenvalue weighted by Crippen LogP contribution is 2.32. The summed E-state index contributed by atoms with van der Waals surface area (Å²) in [4.78, 5) is 28.9. The molecule has 0 atom stereocenters. The summed E-state index contributed by atoms with van der Waals surface area (Å²) in [5, 5.41) is 40.3. The normalized spacial score (nSPS) is 14.8. The number of hydrogen-bond donors (Lipinski definition) is 0. The Morgan fingerprint density at radius 2 is 1.07 bits per heavy atom. The maximum atomic E-state index is 14.7. The summed E-state index contributed by atoms with van der Waals surface area (Å²) in [6.45, 7) is 6.43. The molecule has 0 saturated heterocycles. The fourth-order valence-corrected chi connectivity index (χ4v) is 6.85. The monoisotopic (exact) mass is 750 g/mol. The number of amides is 1. The number of nitriles is 4. The highest BCUT2D eigenvalue weighted by atomic mass is 16.2. The van der Waals surface area contributed by atoms with Gasteiger partial charge in [0, 0.05) is 48.7 Å². The third kappa shape index (κ3) is 9.26.